The number of halogens is 2. The van der Waals surface area contributed by atoms with Crippen LogP contribution in [-0.4, -0.2) is 18.0 Å². The van der Waals surface area contributed by atoms with Gasteiger partial charge >= 0.3 is 0 Å². The van der Waals surface area contributed by atoms with Crippen molar-refractivity contribution in [1.82, 2.24) is 4.98 Å². The van der Waals surface area contributed by atoms with Crippen LogP contribution in [-0.2, 0) is 0 Å². The number of hydrogen-bond acceptors (Lipinski definition) is 4. The second kappa shape index (κ2) is 8.08. The summed E-state index contributed by atoms with van der Waals surface area (Å²) in [5, 5.41) is 6.86. The van der Waals surface area contributed by atoms with Gasteiger partial charge in [-0.2, -0.15) is 0 Å². The Hall–Kier alpha value is -2.76. The first-order valence-corrected chi connectivity index (χ1v) is 8.45. The third-order valence-corrected chi connectivity index (χ3v) is 4.21. The van der Waals surface area contributed by atoms with Crippen LogP contribution < -0.4 is 15.4 Å². The number of carbonyl (C=O) groups is 1. The molecular formula is C19H15Cl2N3O2. The smallest absolute Gasteiger partial charge is 0.274 e. The van der Waals surface area contributed by atoms with Crippen molar-refractivity contribution in [2.45, 2.75) is 0 Å². The molecule has 2 aromatic carbocycles. The molecule has 1 heterocycles. The molecular weight excluding hydrogens is 373 g/mol. The van der Waals surface area contributed by atoms with Gasteiger partial charge in [0.05, 0.1) is 40.4 Å². The molecule has 0 aliphatic rings. The van der Waals surface area contributed by atoms with Crippen LogP contribution in [0.4, 0.5) is 17.1 Å². The SMILES string of the molecule is COc1ccccc1NC(=O)c1ccc(Nc2c(Cl)cccc2Cl)cn1. The monoisotopic (exact) mass is 387 g/mol. The number of benzene rings is 2. The van der Waals surface area contributed by atoms with Gasteiger partial charge in [-0.1, -0.05) is 41.4 Å². The van der Waals surface area contributed by atoms with Crippen LogP contribution in [0.25, 0.3) is 0 Å². The summed E-state index contributed by atoms with van der Waals surface area (Å²) in [6.45, 7) is 0. The number of hydrogen-bond donors (Lipinski definition) is 2. The molecule has 0 bridgehead atoms. The number of rotatable bonds is 5. The first-order valence-electron chi connectivity index (χ1n) is 7.70. The highest BCUT2D eigenvalue weighted by Gasteiger charge is 2.11. The van der Waals surface area contributed by atoms with Gasteiger partial charge in [0.25, 0.3) is 5.91 Å². The molecule has 3 rings (SSSR count). The molecule has 0 atom stereocenters. The lowest BCUT2D eigenvalue weighted by Gasteiger charge is -2.11. The summed E-state index contributed by atoms with van der Waals surface area (Å²) >= 11 is 12.3. The maximum Gasteiger partial charge on any atom is 0.274 e. The maximum atomic E-state index is 12.4. The van der Waals surface area contributed by atoms with Crippen molar-refractivity contribution in [3.63, 3.8) is 0 Å². The zero-order chi connectivity index (χ0) is 18.5. The number of pyridine rings is 1. The second-order valence-corrected chi connectivity index (χ2v) is 6.12. The predicted molar refractivity (Wildman–Crippen MR) is 105 cm³/mol. The molecule has 2 N–H and O–H groups in total. The summed E-state index contributed by atoms with van der Waals surface area (Å²) in [6, 6.07) is 15.7. The summed E-state index contributed by atoms with van der Waals surface area (Å²) in [5.41, 5.74) is 2.09. The number of anilines is 3. The van der Waals surface area contributed by atoms with Crippen LogP contribution in [0, 0.1) is 0 Å². The summed E-state index contributed by atoms with van der Waals surface area (Å²) in [5.74, 6) is 0.240. The van der Waals surface area contributed by atoms with Gasteiger partial charge in [-0.15, -0.1) is 0 Å². The Morgan fingerprint density at radius 2 is 1.73 bits per heavy atom. The van der Waals surface area contributed by atoms with Crippen molar-refractivity contribution < 1.29 is 9.53 Å². The third-order valence-electron chi connectivity index (χ3n) is 3.58. The Morgan fingerprint density at radius 3 is 2.38 bits per heavy atom. The van der Waals surface area contributed by atoms with Crippen molar-refractivity contribution in [1.29, 1.82) is 0 Å². The van der Waals surface area contributed by atoms with Crippen LogP contribution in [0.2, 0.25) is 10.0 Å². The minimum absolute atomic E-state index is 0.270. The molecule has 1 aromatic heterocycles. The number of amides is 1. The van der Waals surface area contributed by atoms with E-state index in [9.17, 15) is 4.79 Å². The molecule has 5 nitrogen and oxygen atoms in total. The Labute approximate surface area is 160 Å². The number of aromatic nitrogens is 1. The van der Waals surface area contributed by atoms with Gasteiger partial charge in [-0.3, -0.25) is 4.79 Å². The number of ether oxygens (including phenoxy) is 1. The van der Waals surface area contributed by atoms with E-state index in [1.54, 1.807) is 49.6 Å². The van der Waals surface area contributed by atoms with Crippen molar-refractivity contribution in [2.75, 3.05) is 17.7 Å². The Kier molecular flexibility index (Phi) is 5.61. The molecule has 0 unspecified atom stereocenters. The zero-order valence-corrected chi connectivity index (χ0v) is 15.3. The Balaban J connectivity index is 1.74. The van der Waals surface area contributed by atoms with Crippen molar-refractivity contribution in [3.8, 4) is 5.75 Å². The summed E-state index contributed by atoms with van der Waals surface area (Å²) in [7, 11) is 1.55. The third kappa shape index (κ3) is 4.07. The van der Waals surface area contributed by atoms with Gasteiger partial charge in [0.1, 0.15) is 11.4 Å². The number of methoxy groups -OCH3 is 1. The van der Waals surface area contributed by atoms with E-state index >= 15 is 0 Å². The summed E-state index contributed by atoms with van der Waals surface area (Å²) in [6.07, 6.45) is 1.54. The van der Waals surface area contributed by atoms with E-state index in [0.717, 1.165) is 0 Å². The van der Waals surface area contributed by atoms with Crippen LogP contribution >= 0.6 is 23.2 Å². The van der Waals surface area contributed by atoms with E-state index < -0.39 is 0 Å². The molecule has 0 spiro atoms. The number of carbonyl (C=O) groups excluding carboxylic acids is 1. The highest BCUT2D eigenvalue weighted by atomic mass is 35.5. The molecule has 26 heavy (non-hydrogen) atoms. The molecule has 0 aliphatic heterocycles. The second-order valence-electron chi connectivity index (χ2n) is 5.31. The van der Waals surface area contributed by atoms with Crippen LogP contribution in [0.15, 0.2) is 60.8 Å². The highest BCUT2D eigenvalue weighted by molar-refractivity contribution is 6.39. The standard InChI is InChI=1S/C19H15Cl2N3O2/c1-26-17-8-3-2-7-15(17)24-19(25)16-10-9-12(11-22-16)23-18-13(20)5-4-6-14(18)21/h2-11,23H,1H3,(H,24,25). The fourth-order valence-corrected chi connectivity index (χ4v) is 2.79. The molecule has 0 saturated carbocycles. The fraction of sp³-hybridized carbons (Fsp3) is 0.0526. The quantitative estimate of drug-likeness (QED) is 0.615. The first kappa shape index (κ1) is 18.0. The molecule has 132 valence electrons. The normalized spacial score (nSPS) is 10.3. The van der Waals surface area contributed by atoms with Crippen molar-refractivity contribution in [3.05, 3.63) is 76.5 Å². The van der Waals surface area contributed by atoms with E-state index in [0.29, 0.717) is 32.9 Å². The Morgan fingerprint density at radius 1 is 1.00 bits per heavy atom. The fourth-order valence-electron chi connectivity index (χ4n) is 2.30. The number of nitrogens with zero attached hydrogens (tertiary/aromatic N) is 1. The molecule has 0 aliphatic carbocycles. The topological polar surface area (TPSA) is 63.2 Å². The van der Waals surface area contributed by atoms with Crippen molar-refractivity contribution >= 4 is 46.2 Å². The number of para-hydroxylation sites is 3. The minimum atomic E-state index is -0.336. The summed E-state index contributed by atoms with van der Waals surface area (Å²) in [4.78, 5) is 16.6. The zero-order valence-electron chi connectivity index (χ0n) is 13.8. The average Bonchev–Trinajstić information content (AvgIpc) is 2.66. The van der Waals surface area contributed by atoms with Gasteiger partial charge in [0, 0.05) is 0 Å². The van der Waals surface area contributed by atoms with Crippen LogP contribution in [0.1, 0.15) is 10.5 Å². The molecule has 1 amide bonds. The van der Waals surface area contributed by atoms with E-state index in [1.165, 1.54) is 6.20 Å². The van der Waals surface area contributed by atoms with Gasteiger partial charge in [0.2, 0.25) is 0 Å². The Bertz CT molecular complexity index is 910. The number of nitrogens with one attached hydrogen (secondary N) is 2. The maximum absolute atomic E-state index is 12.4. The van der Waals surface area contributed by atoms with Gasteiger partial charge in [-0.25, -0.2) is 4.98 Å². The lowest BCUT2D eigenvalue weighted by Crippen LogP contribution is -2.14. The lowest BCUT2D eigenvalue weighted by molar-refractivity contribution is 0.102. The first-order chi connectivity index (χ1) is 12.6. The summed E-state index contributed by atoms with van der Waals surface area (Å²) < 4.78 is 5.22. The van der Waals surface area contributed by atoms with Crippen molar-refractivity contribution in [2.24, 2.45) is 0 Å². The largest absolute Gasteiger partial charge is 0.495 e. The van der Waals surface area contributed by atoms with E-state index in [1.807, 2.05) is 12.1 Å². The molecule has 0 radical (unpaired) electrons. The van der Waals surface area contributed by atoms with Crippen LogP contribution in [0.5, 0.6) is 5.75 Å². The predicted octanol–water partition coefficient (Wildman–Crippen LogP) is 5.39. The molecule has 7 heteroatoms. The average molecular weight is 388 g/mol. The van der Waals surface area contributed by atoms with E-state index in [4.69, 9.17) is 27.9 Å². The van der Waals surface area contributed by atoms with Crippen LogP contribution in [0.3, 0.4) is 0 Å². The van der Waals surface area contributed by atoms with Gasteiger partial charge in [-0.05, 0) is 36.4 Å². The molecule has 0 fully saturated rings. The highest BCUT2D eigenvalue weighted by Crippen LogP contribution is 2.32. The van der Waals surface area contributed by atoms with Gasteiger partial charge in [0.15, 0.2) is 0 Å². The van der Waals surface area contributed by atoms with E-state index in [2.05, 4.69) is 15.6 Å². The lowest BCUT2D eigenvalue weighted by atomic mass is 10.2. The minimum Gasteiger partial charge on any atom is -0.495 e. The molecule has 3 aromatic rings. The van der Waals surface area contributed by atoms with Gasteiger partial charge < -0.3 is 15.4 Å². The molecule has 0 saturated heterocycles. The van der Waals surface area contributed by atoms with E-state index in [-0.39, 0.29) is 11.6 Å².